The summed E-state index contributed by atoms with van der Waals surface area (Å²) in [4.78, 5) is 12.1. The molecule has 0 radical (unpaired) electrons. The van der Waals surface area contributed by atoms with Gasteiger partial charge in [0, 0.05) is 12.0 Å². The van der Waals surface area contributed by atoms with Crippen molar-refractivity contribution in [2.24, 2.45) is 11.8 Å². The Labute approximate surface area is 153 Å². The zero-order chi connectivity index (χ0) is 17.6. The molecule has 0 saturated heterocycles. The number of aromatic nitrogens is 2. The molecule has 0 aliphatic heterocycles. The number of carbonyl (C=O) groups excluding carboxylic acids is 1. The fourth-order valence-corrected chi connectivity index (χ4v) is 4.21. The summed E-state index contributed by atoms with van der Waals surface area (Å²) in [5.74, 6) is 2.07. The van der Waals surface area contributed by atoms with Crippen molar-refractivity contribution in [3.8, 4) is 16.3 Å². The van der Waals surface area contributed by atoms with Gasteiger partial charge in [-0.1, -0.05) is 50.4 Å². The maximum absolute atomic E-state index is 12.1. The number of hydrogen-bond donors (Lipinski definition) is 0. The van der Waals surface area contributed by atoms with E-state index in [4.69, 9.17) is 4.74 Å². The molecule has 0 spiro atoms. The molecule has 0 N–H and O–H groups in total. The normalized spacial score (nSPS) is 20.4. The third-order valence-electron chi connectivity index (χ3n) is 5.16. The molecule has 0 bridgehead atoms. The van der Waals surface area contributed by atoms with Crippen LogP contribution in [0.15, 0.2) is 24.3 Å². The first-order chi connectivity index (χ1) is 12.1. The van der Waals surface area contributed by atoms with Crippen molar-refractivity contribution < 1.29 is 9.53 Å². The van der Waals surface area contributed by atoms with Gasteiger partial charge >= 0.3 is 5.97 Å². The monoisotopic (exact) mass is 358 g/mol. The van der Waals surface area contributed by atoms with E-state index in [1.165, 1.54) is 32.1 Å². The predicted octanol–water partition coefficient (Wildman–Crippen LogP) is 5.42. The Kier molecular flexibility index (Phi) is 6.19. The highest BCUT2D eigenvalue weighted by molar-refractivity contribution is 7.14. The lowest BCUT2D eigenvalue weighted by Gasteiger charge is -2.27. The lowest BCUT2D eigenvalue weighted by atomic mass is 9.79. The number of nitrogens with zero attached hydrogens (tertiary/aromatic N) is 2. The van der Waals surface area contributed by atoms with Crippen LogP contribution in [0, 0.1) is 18.8 Å². The van der Waals surface area contributed by atoms with Gasteiger partial charge in [-0.05, 0) is 49.4 Å². The Balaban J connectivity index is 1.45. The smallest absolute Gasteiger partial charge is 0.311 e. The van der Waals surface area contributed by atoms with E-state index in [0.717, 1.165) is 27.9 Å². The van der Waals surface area contributed by atoms with Crippen molar-refractivity contribution in [1.82, 2.24) is 10.2 Å². The first kappa shape index (κ1) is 18.1. The average molecular weight is 359 g/mol. The van der Waals surface area contributed by atoms with Crippen LogP contribution in [0.5, 0.6) is 5.75 Å². The van der Waals surface area contributed by atoms with Crippen molar-refractivity contribution in [3.63, 3.8) is 0 Å². The summed E-state index contributed by atoms with van der Waals surface area (Å²) in [5.41, 5.74) is 0.998. The molecular formula is C20H26N2O2S. The summed E-state index contributed by atoms with van der Waals surface area (Å²) in [5, 5.41) is 9.99. The lowest BCUT2D eigenvalue weighted by Crippen LogP contribution is -2.16. The minimum absolute atomic E-state index is 0.128. The van der Waals surface area contributed by atoms with Gasteiger partial charge in [0.2, 0.25) is 0 Å². The molecule has 1 aliphatic carbocycles. The Morgan fingerprint density at radius 1 is 1.12 bits per heavy atom. The molecule has 134 valence electrons. The van der Waals surface area contributed by atoms with Crippen LogP contribution in [0.2, 0.25) is 0 Å². The average Bonchev–Trinajstić information content (AvgIpc) is 3.07. The third kappa shape index (κ3) is 5.11. The Morgan fingerprint density at radius 3 is 2.40 bits per heavy atom. The molecule has 1 aromatic carbocycles. The highest BCUT2D eigenvalue weighted by Gasteiger charge is 2.20. The van der Waals surface area contributed by atoms with Gasteiger partial charge in [0.05, 0.1) is 0 Å². The molecule has 1 fully saturated rings. The Hall–Kier alpha value is -1.75. The van der Waals surface area contributed by atoms with E-state index in [0.29, 0.717) is 18.1 Å². The molecule has 1 aromatic heterocycles. The first-order valence-corrected chi connectivity index (χ1v) is 10.1. The number of aryl methyl sites for hydroxylation is 1. The van der Waals surface area contributed by atoms with Crippen LogP contribution in [0.3, 0.4) is 0 Å². The molecule has 4 nitrogen and oxygen atoms in total. The quantitative estimate of drug-likeness (QED) is 0.511. The molecule has 25 heavy (non-hydrogen) atoms. The second-order valence-corrected chi connectivity index (χ2v) is 8.14. The number of rotatable bonds is 6. The number of hydrogen-bond acceptors (Lipinski definition) is 5. The zero-order valence-corrected chi connectivity index (χ0v) is 15.8. The predicted molar refractivity (Wildman–Crippen MR) is 101 cm³/mol. The summed E-state index contributed by atoms with van der Waals surface area (Å²) in [6, 6.07) is 7.51. The second kappa shape index (κ2) is 8.56. The van der Waals surface area contributed by atoms with Crippen molar-refractivity contribution in [2.45, 2.75) is 58.8 Å². The van der Waals surface area contributed by atoms with Crippen LogP contribution in [0.1, 0.15) is 56.9 Å². The standard InChI is InChI=1S/C20H26N2O2S/c1-3-15-4-6-16(7-5-15)8-13-19(23)24-18-11-9-17(10-12-18)20-22-21-14(2)25-20/h9-12,15-16H,3-8,13H2,1-2H3. The maximum atomic E-state index is 12.1. The van der Waals surface area contributed by atoms with Crippen molar-refractivity contribution in [2.75, 3.05) is 0 Å². The first-order valence-electron chi connectivity index (χ1n) is 9.25. The third-order valence-corrected chi connectivity index (χ3v) is 6.05. The molecule has 0 amide bonds. The van der Waals surface area contributed by atoms with Crippen LogP contribution in [-0.4, -0.2) is 16.2 Å². The fourth-order valence-electron chi connectivity index (χ4n) is 3.51. The zero-order valence-electron chi connectivity index (χ0n) is 15.0. The van der Waals surface area contributed by atoms with E-state index in [9.17, 15) is 4.79 Å². The molecule has 1 aliphatic rings. The van der Waals surface area contributed by atoms with Gasteiger partial charge in [-0.25, -0.2) is 0 Å². The highest BCUT2D eigenvalue weighted by atomic mass is 32.1. The molecule has 1 heterocycles. The minimum atomic E-state index is -0.128. The van der Waals surface area contributed by atoms with E-state index in [-0.39, 0.29) is 5.97 Å². The van der Waals surface area contributed by atoms with Crippen molar-refractivity contribution in [3.05, 3.63) is 29.3 Å². The summed E-state index contributed by atoms with van der Waals surface area (Å²) in [7, 11) is 0. The van der Waals surface area contributed by atoms with E-state index in [2.05, 4.69) is 17.1 Å². The van der Waals surface area contributed by atoms with Gasteiger partial charge in [-0.3, -0.25) is 4.79 Å². The SMILES string of the molecule is CCC1CCC(CCC(=O)Oc2ccc(-c3nnc(C)s3)cc2)CC1. The molecule has 1 saturated carbocycles. The van der Waals surface area contributed by atoms with Crippen LogP contribution in [0.25, 0.3) is 10.6 Å². The van der Waals surface area contributed by atoms with Crippen molar-refractivity contribution >= 4 is 17.3 Å². The number of benzene rings is 1. The van der Waals surface area contributed by atoms with Gasteiger partial charge in [0.15, 0.2) is 0 Å². The minimum Gasteiger partial charge on any atom is -0.427 e. The van der Waals surface area contributed by atoms with E-state index >= 15 is 0 Å². The molecule has 2 aromatic rings. The second-order valence-electron chi connectivity index (χ2n) is 6.96. The molecule has 0 unspecified atom stereocenters. The van der Waals surface area contributed by atoms with Crippen LogP contribution < -0.4 is 4.74 Å². The topological polar surface area (TPSA) is 52.1 Å². The molecule has 0 atom stereocenters. The number of esters is 1. The van der Waals surface area contributed by atoms with Crippen molar-refractivity contribution in [1.29, 1.82) is 0 Å². The Bertz CT molecular complexity index is 688. The van der Waals surface area contributed by atoms with Gasteiger partial charge in [0.25, 0.3) is 0 Å². The summed E-state index contributed by atoms with van der Waals surface area (Å²) >= 11 is 1.56. The van der Waals surface area contributed by atoms with E-state index in [1.54, 1.807) is 11.3 Å². The maximum Gasteiger partial charge on any atom is 0.311 e. The van der Waals surface area contributed by atoms with E-state index < -0.39 is 0 Å². The van der Waals surface area contributed by atoms with Gasteiger partial charge < -0.3 is 4.74 Å². The van der Waals surface area contributed by atoms with Gasteiger partial charge in [-0.2, -0.15) is 0 Å². The Morgan fingerprint density at radius 2 is 1.80 bits per heavy atom. The van der Waals surface area contributed by atoms with Crippen LogP contribution >= 0.6 is 11.3 Å². The van der Waals surface area contributed by atoms with E-state index in [1.807, 2.05) is 31.2 Å². The van der Waals surface area contributed by atoms with Crippen LogP contribution in [-0.2, 0) is 4.79 Å². The fraction of sp³-hybridized carbons (Fsp3) is 0.550. The lowest BCUT2D eigenvalue weighted by molar-refractivity contribution is -0.134. The van der Waals surface area contributed by atoms with Gasteiger partial charge in [0.1, 0.15) is 15.8 Å². The summed E-state index contributed by atoms with van der Waals surface area (Å²) < 4.78 is 5.47. The molecule has 5 heteroatoms. The summed E-state index contributed by atoms with van der Waals surface area (Å²) in [6.07, 6.45) is 7.94. The summed E-state index contributed by atoms with van der Waals surface area (Å²) in [6.45, 7) is 4.21. The largest absolute Gasteiger partial charge is 0.427 e. The number of ether oxygens (including phenoxy) is 1. The number of carbonyl (C=O) groups is 1. The van der Waals surface area contributed by atoms with Gasteiger partial charge in [-0.15, -0.1) is 10.2 Å². The molecule has 3 rings (SSSR count). The highest BCUT2D eigenvalue weighted by Crippen LogP contribution is 2.33. The van der Waals surface area contributed by atoms with Crippen LogP contribution in [0.4, 0.5) is 0 Å². The molecular weight excluding hydrogens is 332 g/mol.